The van der Waals surface area contributed by atoms with Crippen LogP contribution in [0.2, 0.25) is 0 Å². The fourth-order valence-corrected chi connectivity index (χ4v) is 3.49. The number of anilines is 1. The van der Waals surface area contributed by atoms with Crippen molar-refractivity contribution < 1.29 is 9.59 Å². The summed E-state index contributed by atoms with van der Waals surface area (Å²) < 4.78 is 0. The smallest absolute Gasteiger partial charge is 0.246 e. The molecule has 0 radical (unpaired) electrons. The van der Waals surface area contributed by atoms with Gasteiger partial charge in [0.25, 0.3) is 0 Å². The monoisotopic (exact) mass is 370 g/mol. The molecule has 2 amide bonds. The molecule has 136 valence electrons. The molecule has 3 heterocycles. The highest BCUT2D eigenvalue weighted by molar-refractivity contribution is 7.09. The fraction of sp³-hybridized carbons (Fsp3) is 0.368. The molecule has 7 heteroatoms. The van der Waals surface area contributed by atoms with Gasteiger partial charge in [-0.2, -0.15) is 0 Å². The van der Waals surface area contributed by atoms with Crippen molar-refractivity contribution in [2.75, 3.05) is 18.4 Å². The molecule has 0 aliphatic carbocycles. The van der Waals surface area contributed by atoms with Gasteiger partial charge in [-0.3, -0.25) is 9.59 Å². The Hall–Kier alpha value is -2.54. The van der Waals surface area contributed by atoms with Crippen molar-refractivity contribution in [2.24, 2.45) is 5.92 Å². The highest BCUT2D eigenvalue weighted by atomic mass is 32.1. The molecule has 0 saturated carbocycles. The maximum absolute atomic E-state index is 12.4. The molecule has 26 heavy (non-hydrogen) atoms. The molecule has 2 aromatic rings. The van der Waals surface area contributed by atoms with Crippen LogP contribution in [-0.4, -0.2) is 39.8 Å². The van der Waals surface area contributed by atoms with Crippen LogP contribution in [0.4, 0.5) is 5.82 Å². The summed E-state index contributed by atoms with van der Waals surface area (Å²) in [6.07, 6.45) is 6.31. The number of rotatable bonds is 4. The van der Waals surface area contributed by atoms with E-state index in [-0.39, 0.29) is 17.7 Å². The van der Waals surface area contributed by atoms with Gasteiger partial charge in [-0.25, -0.2) is 9.97 Å². The first kappa shape index (κ1) is 18.3. The Balaban J connectivity index is 1.49. The first-order valence-electron chi connectivity index (χ1n) is 8.64. The van der Waals surface area contributed by atoms with Crippen LogP contribution in [0.15, 0.2) is 29.8 Å². The van der Waals surface area contributed by atoms with Crippen LogP contribution in [0, 0.1) is 19.8 Å². The SMILES string of the molecule is Cc1ccnc(NC(=O)C2CCN(C(=O)C=Cc3csc(C)n3)CC2)c1. The van der Waals surface area contributed by atoms with Gasteiger partial charge < -0.3 is 10.2 Å². The molecule has 3 rings (SSSR count). The topological polar surface area (TPSA) is 75.2 Å². The Morgan fingerprint density at radius 3 is 2.73 bits per heavy atom. The van der Waals surface area contributed by atoms with E-state index in [9.17, 15) is 9.59 Å². The van der Waals surface area contributed by atoms with Gasteiger partial charge >= 0.3 is 0 Å². The zero-order valence-electron chi connectivity index (χ0n) is 14.9. The van der Waals surface area contributed by atoms with Crippen molar-refractivity contribution >= 4 is 35.0 Å². The molecular weight excluding hydrogens is 348 g/mol. The number of aryl methyl sites for hydroxylation is 2. The zero-order chi connectivity index (χ0) is 18.5. The lowest BCUT2D eigenvalue weighted by atomic mass is 9.96. The van der Waals surface area contributed by atoms with E-state index in [1.807, 2.05) is 31.4 Å². The van der Waals surface area contributed by atoms with Gasteiger partial charge in [0.2, 0.25) is 11.8 Å². The second kappa shape index (κ2) is 8.23. The molecule has 1 saturated heterocycles. The third-order valence-corrected chi connectivity index (χ3v) is 5.17. The lowest BCUT2D eigenvalue weighted by Gasteiger charge is -2.30. The summed E-state index contributed by atoms with van der Waals surface area (Å²) in [4.78, 5) is 34.9. The molecule has 1 fully saturated rings. The maximum atomic E-state index is 12.4. The van der Waals surface area contributed by atoms with E-state index in [2.05, 4.69) is 15.3 Å². The number of nitrogens with zero attached hydrogens (tertiary/aromatic N) is 3. The number of carbonyl (C=O) groups excluding carboxylic acids is 2. The van der Waals surface area contributed by atoms with Crippen molar-refractivity contribution in [3.8, 4) is 0 Å². The Labute approximate surface area is 157 Å². The number of amides is 2. The normalized spacial score (nSPS) is 15.4. The molecule has 1 aliphatic rings. The summed E-state index contributed by atoms with van der Waals surface area (Å²) in [6, 6.07) is 3.74. The molecule has 0 bridgehead atoms. The molecule has 0 spiro atoms. The first-order chi connectivity index (χ1) is 12.5. The van der Waals surface area contributed by atoms with Crippen molar-refractivity contribution in [3.63, 3.8) is 0 Å². The minimum Gasteiger partial charge on any atom is -0.339 e. The van der Waals surface area contributed by atoms with Crippen molar-refractivity contribution in [2.45, 2.75) is 26.7 Å². The van der Waals surface area contributed by atoms with E-state index in [1.54, 1.807) is 34.6 Å². The lowest BCUT2D eigenvalue weighted by molar-refractivity contribution is -0.130. The highest BCUT2D eigenvalue weighted by Gasteiger charge is 2.26. The van der Waals surface area contributed by atoms with E-state index in [0.717, 1.165) is 16.3 Å². The molecule has 2 aromatic heterocycles. The van der Waals surface area contributed by atoms with Gasteiger partial charge in [-0.1, -0.05) is 0 Å². The van der Waals surface area contributed by atoms with Crippen molar-refractivity contribution in [3.05, 3.63) is 46.1 Å². The Morgan fingerprint density at radius 1 is 1.31 bits per heavy atom. The van der Waals surface area contributed by atoms with E-state index in [4.69, 9.17) is 0 Å². The van der Waals surface area contributed by atoms with Crippen LogP contribution >= 0.6 is 11.3 Å². The number of hydrogen-bond donors (Lipinski definition) is 1. The summed E-state index contributed by atoms with van der Waals surface area (Å²) in [7, 11) is 0. The van der Waals surface area contributed by atoms with E-state index in [0.29, 0.717) is 31.7 Å². The van der Waals surface area contributed by atoms with Crippen LogP contribution < -0.4 is 5.32 Å². The number of likely N-dealkylation sites (tertiary alicyclic amines) is 1. The average Bonchev–Trinajstić information content (AvgIpc) is 3.05. The molecule has 6 nitrogen and oxygen atoms in total. The third kappa shape index (κ3) is 4.76. The fourth-order valence-electron chi connectivity index (χ4n) is 2.91. The number of carbonyl (C=O) groups is 2. The number of piperidine rings is 1. The maximum Gasteiger partial charge on any atom is 0.246 e. The highest BCUT2D eigenvalue weighted by Crippen LogP contribution is 2.20. The summed E-state index contributed by atoms with van der Waals surface area (Å²) in [5.74, 6) is 0.431. The number of aromatic nitrogens is 2. The van der Waals surface area contributed by atoms with Gasteiger partial charge in [-0.05, 0) is 50.5 Å². The minimum absolute atomic E-state index is 0.0244. The quantitative estimate of drug-likeness (QED) is 0.840. The second-order valence-electron chi connectivity index (χ2n) is 6.43. The Kier molecular flexibility index (Phi) is 5.78. The summed E-state index contributed by atoms with van der Waals surface area (Å²) in [5.41, 5.74) is 1.86. The van der Waals surface area contributed by atoms with Gasteiger partial charge in [0, 0.05) is 36.7 Å². The molecule has 1 aliphatic heterocycles. The Morgan fingerprint density at radius 2 is 2.08 bits per heavy atom. The van der Waals surface area contributed by atoms with Crippen LogP contribution in [0.3, 0.4) is 0 Å². The van der Waals surface area contributed by atoms with Crippen molar-refractivity contribution in [1.82, 2.24) is 14.9 Å². The van der Waals surface area contributed by atoms with Crippen LogP contribution in [0.5, 0.6) is 0 Å². The molecule has 0 aromatic carbocycles. The van der Waals surface area contributed by atoms with Gasteiger partial charge in [0.05, 0.1) is 10.7 Å². The number of hydrogen-bond acceptors (Lipinski definition) is 5. The number of thiazole rings is 1. The van der Waals surface area contributed by atoms with Gasteiger partial charge in [0.1, 0.15) is 5.82 Å². The molecule has 0 unspecified atom stereocenters. The summed E-state index contributed by atoms with van der Waals surface area (Å²) in [6.45, 7) is 5.06. The minimum atomic E-state index is -0.0912. The van der Waals surface area contributed by atoms with Crippen LogP contribution in [0.25, 0.3) is 6.08 Å². The van der Waals surface area contributed by atoms with Gasteiger partial charge in [-0.15, -0.1) is 11.3 Å². The Bertz CT molecular complexity index is 822. The summed E-state index contributed by atoms with van der Waals surface area (Å²) in [5, 5.41) is 5.78. The lowest BCUT2D eigenvalue weighted by Crippen LogP contribution is -2.40. The largest absolute Gasteiger partial charge is 0.339 e. The standard InChI is InChI=1S/C19H22N4O2S/c1-13-5-8-20-17(11-13)22-19(25)15-6-9-23(10-7-15)18(24)4-3-16-12-26-14(2)21-16/h3-5,8,11-12,15H,6-7,9-10H2,1-2H3,(H,20,22,25). The molecule has 0 atom stereocenters. The second-order valence-corrected chi connectivity index (χ2v) is 7.49. The average molecular weight is 370 g/mol. The van der Waals surface area contributed by atoms with Gasteiger partial charge in [0.15, 0.2) is 0 Å². The predicted molar refractivity (Wildman–Crippen MR) is 103 cm³/mol. The number of pyridine rings is 1. The number of nitrogens with one attached hydrogen (secondary N) is 1. The third-order valence-electron chi connectivity index (χ3n) is 4.38. The first-order valence-corrected chi connectivity index (χ1v) is 9.52. The van der Waals surface area contributed by atoms with E-state index in [1.165, 1.54) is 0 Å². The zero-order valence-corrected chi connectivity index (χ0v) is 15.8. The molecule has 1 N–H and O–H groups in total. The van der Waals surface area contributed by atoms with Crippen molar-refractivity contribution in [1.29, 1.82) is 0 Å². The van der Waals surface area contributed by atoms with Crippen LogP contribution in [-0.2, 0) is 9.59 Å². The summed E-state index contributed by atoms with van der Waals surface area (Å²) >= 11 is 1.56. The molecular formula is C19H22N4O2S. The predicted octanol–water partition coefficient (Wildman–Crippen LogP) is 3.05. The van der Waals surface area contributed by atoms with Crippen LogP contribution in [0.1, 0.15) is 29.1 Å². The van der Waals surface area contributed by atoms with E-state index < -0.39 is 0 Å². The van der Waals surface area contributed by atoms with E-state index >= 15 is 0 Å².